The molecule has 1 atom stereocenters. The average Bonchev–Trinajstić information content (AvgIpc) is 3.26. The Hall–Kier alpha value is -2.69. The highest BCUT2D eigenvalue weighted by Gasteiger charge is 2.12. The molecule has 0 aliphatic rings. The molecule has 4 heteroatoms. The van der Waals surface area contributed by atoms with Crippen molar-refractivity contribution in [3.63, 3.8) is 0 Å². The van der Waals surface area contributed by atoms with Crippen LogP contribution in [-0.4, -0.2) is 12.1 Å². The molecule has 0 amide bonds. The summed E-state index contributed by atoms with van der Waals surface area (Å²) in [6.45, 7) is 5.07. The van der Waals surface area contributed by atoms with Gasteiger partial charge < -0.3 is 10.1 Å². The molecule has 0 fully saturated rings. The molecule has 4 aromatic rings. The van der Waals surface area contributed by atoms with Crippen molar-refractivity contribution in [3.8, 4) is 17.0 Å². The van der Waals surface area contributed by atoms with Crippen LogP contribution in [0.5, 0.6) is 5.75 Å². The first-order valence-corrected chi connectivity index (χ1v) is 10.3. The van der Waals surface area contributed by atoms with Gasteiger partial charge in [0.25, 0.3) is 0 Å². The van der Waals surface area contributed by atoms with Gasteiger partial charge in [0.15, 0.2) is 0 Å². The zero-order chi connectivity index (χ0) is 19.5. The predicted octanol–water partition coefficient (Wildman–Crippen LogP) is 6.13. The Bertz CT molecular complexity index is 1070. The lowest BCUT2D eigenvalue weighted by Crippen LogP contribution is -2.18. The highest BCUT2D eigenvalue weighted by atomic mass is 32.1. The van der Waals surface area contributed by atoms with Crippen LogP contribution in [0.15, 0.2) is 66.0 Å². The number of rotatable bonds is 6. The number of nitrogens with one attached hydrogen (secondary N) is 1. The van der Waals surface area contributed by atoms with Crippen LogP contribution >= 0.6 is 11.3 Å². The summed E-state index contributed by atoms with van der Waals surface area (Å²) in [5, 5.41) is 6.95. The summed E-state index contributed by atoms with van der Waals surface area (Å²) in [7, 11) is 1.69. The highest BCUT2D eigenvalue weighted by Crippen LogP contribution is 2.28. The summed E-state index contributed by atoms with van der Waals surface area (Å²) in [5.41, 5.74) is 5.57. The van der Waals surface area contributed by atoms with Gasteiger partial charge in [-0.3, -0.25) is 0 Å². The van der Waals surface area contributed by atoms with Crippen LogP contribution in [-0.2, 0) is 6.54 Å². The van der Waals surface area contributed by atoms with Crippen molar-refractivity contribution >= 4 is 22.2 Å². The first-order chi connectivity index (χ1) is 13.6. The Kier molecular flexibility index (Phi) is 5.42. The molecule has 0 saturated heterocycles. The Morgan fingerprint density at radius 3 is 2.61 bits per heavy atom. The van der Waals surface area contributed by atoms with Crippen molar-refractivity contribution in [2.45, 2.75) is 26.4 Å². The van der Waals surface area contributed by atoms with E-state index in [4.69, 9.17) is 9.72 Å². The molecular weight excluding hydrogens is 364 g/mol. The third-order valence-corrected chi connectivity index (χ3v) is 6.04. The van der Waals surface area contributed by atoms with Crippen molar-refractivity contribution in [3.05, 3.63) is 82.0 Å². The number of nitrogens with zero attached hydrogens (tertiary/aromatic N) is 1. The zero-order valence-electron chi connectivity index (χ0n) is 16.4. The van der Waals surface area contributed by atoms with Crippen LogP contribution < -0.4 is 10.1 Å². The number of aryl methyl sites for hydroxylation is 1. The van der Waals surface area contributed by atoms with Crippen LogP contribution in [0, 0.1) is 6.92 Å². The number of ether oxygens (including phenoxy) is 1. The van der Waals surface area contributed by atoms with Gasteiger partial charge in [-0.2, -0.15) is 0 Å². The molecule has 2 aromatic carbocycles. The second-order valence-corrected chi connectivity index (χ2v) is 8.02. The summed E-state index contributed by atoms with van der Waals surface area (Å²) in [5.74, 6) is 0.853. The van der Waals surface area contributed by atoms with Crippen molar-refractivity contribution in [2.75, 3.05) is 7.11 Å². The molecule has 0 aliphatic heterocycles. The van der Waals surface area contributed by atoms with E-state index in [0.717, 1.165) is 29.1 Å². The van der Waals surface area contributed by atoms with Crippen LogP contribution in [0.4, 0.5) is 0 Å². The van der Waals surface area contributed by atoms with Gasteiger partial charge in [-0.15, -0.1) is 11.3 Å². The third kappa shape index (κ3) is 3.93. The fourth-order valence-electron chi connectivity index (χ4n) is 3.36. The molecule has 28 heavy (non-hydrogen) atoms. The minimum atomic E-state index is 0.303. The number of pyridine rings is 1. The fourth-order valence-corrected chi connectivity index (χ4v) is 4.11. The molecule has 0 bridgehead atoms. The molecule has 0 radical (unpaired) electrons. The maximum atomic E-state index is 5.31. The summed E-state index contributed by atoms with van der Waals surface area (Å²) in [4.78, 5) is 6.37. The van der Waals surface area contributed by atoms with Crippen molar-refractivity contribution in [2.24, 2.45) is 0 Å². The van der Waals surface area contributed by atoms with Gasteiger partial charge in [0, 0.05) is 28.4 Å². The maximum absolute atomic E-state index is 5.31. The molecule has 2 heterocycles. The van der Waals surface area contributed by atoms with E-state index in [-0.39, 0.29) is 0 Å². The van der Waals surface area contributed by atoms with Gasteiger partial charge in [0.1, 0.15) is 5.75 Å². The van der Waals surface area contributed by atoms with E-state index in [2.05, 4.69) is 73.1 Å². The van der Waals surface area contributed by atoms with E-state index in [0.29, 0.717) is 6.04 Å². The molecule has 1 N–H and O–H groups in total. The quantitative estimate of drug-likeness (QED) is 0.431. The number of fused-ring (bicyclic) bond motifs is 1. The summed E-state index contributed by atoms with van der Waals surface area (Å²) in [6.07, 6.45) is 0. The van der Waals surface area contributed by atoms with Crippen LogP contribution in [0.25, 0.3) is 22.2 Å². The first kappa shape index (κ1) is 18.7. The van der Waals surface area contributed by atoms with Crippen LogP contribution in [0.3, 0.4) is 0 Å². The van der Waals surface area contributed by atoms with Crippen molar-refractivity contribution < 1.29 is 4.74 Å². The van der Waals surface area contributed by atoms with E-state index in [1.54, 1.807) is 18.4 Å². The Balaban J connectivity index is 1.72. The van der Waals surface area contributed by atoms with E-state index in [1.807, 2.05) is 12.1 Å². The number of hydrogen-bond acceptors (Lipinski definition) is 4. The molecular formula is C24H24N2OS. The van der Waals surface area contributed by atoms with Gasteiger partial charge in [0.05, 0.1) is 18.3 Å². The highest BCUT2D eigenvalue weighted by molar-refractivity contribution is 7.10. The van der Waals surface area contributed by atoms with Crippen molar-refractivity contribution in [1.82, 2.24) is 10.3 Å². The minimum Gasteiger partial charge on any atom is -0.497 e. The average molecular weight is 389 g/mol. The van der Waals surface area contributed by atoms with Gasteiger partial charge in [0.2, 0.25) is 0 Å². The van der Waals surface area contributed by atoms with Crippen LogP contribution in [0.2, 0.25) is 0 Å². The number of aromatic nitrogens is 1. The monoisotopic (exact) mass is 388 g/mol. The fraction of sp³-hybridized carbons (Fsp3) is 0.208. The maximum Gasteiger partial charge on any atom is 0.118 e. The number of hydrogen-bond donors (Lipinski definition) is 1. The Morgan fingerprint density at radius 2 is 1.89 bits per heavy atom. The van der Waals surface area contributed by atoms with Crippen molar-refractivity contribution in [1.29, 1.82) is 0 Å². The van der Waals surface area contributed by atoms with Crippen LogP contribution in [0.1, 0.15) is 29.0 Å². The van der Waals surface area contributed by atoms with Gasteiger partial charge in [-0.05, 0) is 72.8 Å². The molecule has 4 rings (SSSR count). The van der Waals surface area contributed by atoms with Gasteiger partial charge in [-0.1, -0.05) is 18.2 Å². The molecule has 2 aromatic heterocycles. The second kappa shape index (κ2) is 8.13. The normalized spacial score (nSPS) is 12.2. The summed E-state index contributed by atoms with van der Waals surface area (Å²) in [6, 6.07) is 21.4. The van der Waals surface area contributed by atoms with Gasteiger partial charge in [-0.25, -0.2) is 4.98 Å². The summed E-state index contributed by atoms with van der Waals surface area (Å²) < 4.78 is 5.31. The molecule has 142 valence electrons. The summed E-state index contributed by atoms with van der Waals surface area (Å²) >= 11 is 1.78. The lowest BCUT2D eigenvalue weighted by Gasteiger charge is -2.16. The molecule has 0 saturated carbocycles. The first-order valence-electron chi connectivity index (χ1n) is 9.45. The lowest BCUT2D eigenvalue weighted by molar-refractivity contribution is 0.415. The number of thiophene rings is 1. The molecule has 3 nitrogen and oxygen atoms in total. The zero-order valence-corrected chi connectivity index (χ0v) is 17.2. The lowest BCUT2D eigenvalue weighted by atomic mass is 10.0. The van der Waals surface area contributed by atoms with E-state index >= 15 is 0 Å². The molecule has 0 aliphatic carbocycles. The second-order valence-electron chi connectivity index (χ2n) is 7.04. The third-order valence-electron chi connectivity index (χ3n) is 4.98. The number of benzene rings is 2. The molecule has 0 unspecified atom stereocenters. The standard InChI is InChI=1S/C24H24N2OS/c1-16-6-7-19-14-20(15-25-17(2)23-5-4-12-28-23)24(26-22(19)13-16)18-8-10-21(27-3)11-9-18/h4-14,17,25H,15H2,1-3H3/t17-/m1/s1. The SMILES string of the molecule is COc1ccc(-c2nc3cc(C)ccc3cc2CN[C@H](C)c2cccs2)cc1. The minimum absolute atomic E-state index is 0.303. The van der Waals surface area contributed by atoms with E-state index in [1.165, 1.54) is 21.4 Å². The molecule has 0 spiro atoms. The van der Waals surface area contributed by atoms with E-state index < -0.39 is 0 Å². The van der Waals surface area contributed by atoms with Gasteiger partial charge >= 0.3 is 0 Å². The Morgan fingerprint density at radius 1 is 1.07 bits per heavy atom. The Labute approximate surface area is 170 Å². The smallest absolute Gasteiger partial charge is 0.118 e. The largest absolute Gasteiger partial charge is 0.497 e. The topological polar surface area (TPSA) is 34.1 Å². The number of methoxy groups -OCH3 is 1. The predicted molar refractivity (Wildman–Crippen MR) is 118 cm³/mol. The van der Waals surface area contributed by atoms with E-state index in [9.17, 15) is 0 Å².